The average molecular weight is 291 g/mol. The van der Waals surface area contributed by atoms with Gasteiger partial charge >= 0.3 is 0 Å². The molecule has 118 valence electrons. The summed E-state index contributed by atoms with van der Waals surface area (Å²) in [7, 11) is 4.12. The number of aryl methyl sites for hydroxylation is 2. The van der Waals surface area contributed by atoms with Crippen LogP contribution in [-0.2, 0) is 18.2 Å². The van der Waals surface area contributed by atoms with E-state index in [4.69, 9.17) is 4.74 Å². The molecule has 1 aliphatic heterocycles. The van der Waals surface area contributed by atoms with Crippen molar-refractivity contribution in [3.8, 4) is 0 Å². The number of aromatic nitrogens is 2. The van der Waals surface area contributed by atoms with E-state index in [9.17, 15) is 0 Å². The quantitative estimate of drug-likeness (QED) is 0.927. The molecule has 4 heteroatoms. The van der Waals surface area contributed by atoms with Gasteiger partial charge in [-0.3, -0.25) is 4.68 Å². The number of ether oxygens (including phenoxy) is 1. The Hall–Kier alpha value is -0.870. The van der Waals surface area contributed by atoms with E-state index < -0.39 is 0 Å². The maximum Gasteiger partial charge on any atom is 0.0686 e. The van der Waals surface area contributed by atoms with Crippen LogP contribution in [0.25, 0.3) is 0 Å². The van der Waals surface area contributed by atoms with Gasteiger partial charge in [0.2, 0.25) is 0 Å². The maximum absolute atomic E-state index is 6.20. The summed E-state index contributed by atoms with van der Waals surface area (Å²) in [6.45, 7) is 3.12. The first-order chi connectivity index (χ1) is 10.2. The van der Waals surface area contributed by atoms with Crippen molar-refractivity contribution in [2.75, 3.05) is 13.7 Å². The van der Waals surface area contributed by atoms with Crippen LogP contribution in [0.2, 0.25) is 0 Å². The molecular formula is C17H29N3O. The highest BCUT2D eigenvalue weighted by molar-refractivity contribution is 5.23. The summed E-state index contributed by atoms with van der Waals surface area (Å²) >= 11 is 0. The summed E-state index contributed by atoms with van der Waals surface area (Å²) in [4.78, 5) is 0. The fraction of sp³-hybridized carbons (Fsp3) is 0.824. The summed E-state index contributed by atoms with van der Waals surface area (Å²) in [6.07, 6.45) is 10.8. The molecule has 1 aromatic heterocycles. The van der Waals surface area contributed by atoms with Crippen molar-refractivity contribution >= 4 is 0 Å². The first-order valence-corrected chi connectivity index (χ1v) is 8.51. The maximum atomic E-state index is 6.20. The molecule has 2 fully saturated rings. The summed E-state index contributed by atoms with van der Waals surface area (Å²) in [5.41, 5.74) is 2.82. The SMILES string of the molecule is CCc1nn(C)cc1C(NC)C1CCOC2(CCCC2)C1. The van der Waals surface area contributed by atoms with Gasteiger partial charge < -0.3 is 10.1 Å². The molecule has 3 rings (SSSR count). The third kappa shape index (κ3) is 2.88. The smallest absolute Gasteiger partial charge is 0.0686 e. The summed E-state index contributed by atoms with van der Waals surface area (Å²) in [5, 5.41) is 8.20. The Morgan fingerprint density at radius 2 is 2.24 bits per heavy atom. The molecule has 4 nitrogen and oxygen atoms in total. The number of nitrogens with zero attached hydrogens (tertiary/aromatic N) is 2. The molecule has 2 heterocycles. The second-order valence-electron chi connectivity index (χ2n) is 6.82. The van der Waals surface area contributed by atoms with Crippen LogP contribution in [0.4, 0.5) is 0 Å². The van der Waals surface area contributed by atoms with Gasteiger partial charge in [0.25, 0.3) is 0 Å². The van der Waals surface area contributed by atoms with E-state index in [2.05, 4.69) is 30.6 Å². The largest absolute Gasteiger partial charge is 0.375 e. The standard InChI is InChI=1S/C17H29N3O/c1-4-15-14(12-20(3)19-15)16(18-2)13-7-10-21-17(11-13)8-5-6-9-17/h12-13,16,18H,4-11H2,1-3H3. The normalized spacial score (nSPS) is 26.3. The Morgan fingerprint density at radius 1 is 1.48 bits per heavy atom. The molecule has 1 N–H and O–H groups in total. The average Bonchev–Trinajstić information content (AvgIpc) is 3.07. The Balaban J connectivity index is 1.82. The minimum atomic E-state index is 0.187. The first kappa shape index (κ1) is 15.0. The van der Waals surface area contributed by atoms with Crippen LogP contribution >= 0.6 is 0 Å². The molecule has 2 unspecified atom stereocenters. The molecule has 0 aromatic carbocycles. The van der Waals surface area contributed by atoms with Gasteiger partial charge in [0.1, 0.15) is 0 Å². The van der Waals surface area contributed by atoms with Crippen LogP contribution in [0.1, 0.15) is 62.7 Å². The van der Waals surface area contributed by atoms with Crippen LogP contribution in [0.5, 0.6) is 0 Å². The predicted molar refractivity (Wildman–Crippen MR) is 84.3 cm³/mol. The highest BCUT2D eigenvalue weighted by atomic mass is 16.5. The monoisotopic (exact) mass is 291 g/mol. The van der Waals surface area contributed by atoms with Crippen LogP contribution in [0, 0.1) is 5.92 Å². The van der Waals surface area contributed by atoms with Crippen molar-refractivity contribution < 1.29 is 4.74 Å². The number of hydrogen-bond donors (Lipinski definition) is 1. The van der Waals surface area contributed by atoms with Crippen LogP contribution < -0.4 is 5.32 Å². The first-order valence-electron chi connectivity index (χ1n) is 8.51. The second kappa shape index (κ2) is 6.09. The Kier molecular flexibility index (Phi) is 4.36. The molecule has 1 spiro atoms. The highest BCUT2D eigenvalue weighted by Gasteiger charge is 2.42. The molecule has 0 radical (unpaired) electrons. The molecule has 1 saturated carbocycles. The molecular weight excluding hydrogens is 262 g/mol. The predicted octanol–water partition coefficient (Wildman–Crippen LogP) is 2.98. The molecule has 2 atom stereocenters. The van der Waals surface area contributed by atoms with Crippen molar-refractivity contribution in [1.29, 1.82) is 0 Å². The minimum absolute atomic E-state index is 0.187. The van der Waals surface area contributed by atoms with Crippen molar-refractivity contribution in [3.63, 3.8) is 0 Å². The summed E-state index contributed by atoms with van der Waals surface area (Å²) in [6, 6.07) is 0.412. The zero-order valence-electron chi connectivity index (χ0n) is 13.7. The van der Waals surface area contributed by atoms with Gasteiger partial charge in [0.05, 0.1) is 11.3 Å². The van der Waals surface area contributed by atoms with Crippen molar-refractivity contribution in [3.05, 3.63) is 17.5 Å². The van der Waals surface area contributed by atoms with Crippen molar-refractivity contribution in [2.24, 2.45) is 13.0 Å². The zero-order valence-corrected chi connectivity index (χ0v) is 13.7. The Labute approximate surface area is 128 Å². The molecule has 2 aliphatic rings. The number of rotatable bonds is 4. The number of hydrogen-bond acceptors (Lipinski definition) is 3. The van der Waals surface area contributed by atoms with Crippen molar-refractivity contribution in [2.45, 2.75) is 63.5 Å². The van der Waals surface area contributed by atoms with Gasteiger partial charge in [-0.05, 0) is 45.1 Å². The van der Waals surface area contributed by atoms with Gasteiger partial charge in [0.15, 0.2) is 0 Å². The van der Waals surface area contributed by atoms with Gasteiger partial charge in [-0.25, -0.2) is 0 Å². The molecule has 0 amide bonds. The summed E-state index contributed by atoms with van der Waals surface area (Å²) < 4.78 is 8.16. The highest BCUT2D eigenvalue weighted by Crippen LogP contribution is 2.45. The lowest BCUT2D eigenvalue weighted by Gasteiger charge is -2.41. The zero-order chi connectivity index (χ0) is 14.9. The van der Waals surface area contributed by atoms with Crippen LogP contribution in [0.3, 0.4) is 0 Å². The molecule has 1 saturated heterocycles. The fourth-order valence-corrected chi connectivity index (χ4v) is 4.45. The van der Waals surface area contributed by atoms with E-state index in [1.165, 1.54) is 43.4 Å². The minimum Gasteiger partial charge on any atom is -0.375 e. The lowest BCUT2D eigenvalue weighted by Crippen LogP contribution is -2.41. The lowest BCUT2D eigenvalue weighted by molar-refractivity contribution is -0.0979. The topological polar surface area (TPSA) is 39.1 Å². The van der Waals surface area contributed by atoms with Crippen LogP contribution in [-0.4, -0.2) is 29.0 Å². The second-order valence-corrected chi connectivity index (χ2v) is 6.82. The van der Waals surface area contributed by atoms with E-state index >= 15 is 0 Å². The molecule has 1 aliphatic carbocycles. The Bertz CT molecular complexity index is 476. The van der Waals surface area contributed by atoms with E-state index in [1.807, 2.05) is 11.7 Å². The molecule has 21 heavy (non-hydrogen) atoms. The van der Waals surface area contributed by atoms with E-state index in [0.717, 1.165) is 19.4 Å². The van der Waals surface area contributed by atoms with Crippen LogP contribution in [0.15, 0.2) is 6.20 Å². The van der Waals surface area contributed by atoms with Gasteiger partial charge in [-0.2, -0.15) is 5.10 Å². The summed E-state index contributed by atoms with van der Waals surface area (Å²) in [5.74, 6) is 0.663. The third-order valence-corrected chi connectivity index (χ3v) is 5.44. The van der Waals surface area contributed by atoms with Crippen molar-refractivity contribution in [1.82, 2.24) is 15.1 Å². The van der Waals surface area contributed by atoms with Gasteiger partial charge in [-0.1, -0.05) is 19.8 Å². The fourth-order valence-electron chi connectivity index (χ4n) is 4.45. The van der Waals surface area contributed by atoms with E-state index in [-0.39, 0.29) is 5.60 Å². The van der Waals surface area contributed by atoms with Gasteiger partial charge in [-0.15, -0.1) is 0 Å². The molecule has 0 bridgehead atoms. The van der Waals surface area contributed by atoms with Gasteiger partial charge in [0, 0.05) is 31.5 Å². The van der Waals surface area contributed by atoms with E-state index in [1.54, 1.807) is 0 Å². The Morgan fingerprint density at radius 3 is 2.90 bits per heavy atom. The lowest BCUT2D eigenvalue weighted by atomic mass is 9.78. The van der Waals surface area contributed by atoms with E-state index in [0.29, 0.717) is 12.0 Å². The molecule has 1 aromatic rings. The number of nitrogens with one attached hydrogen (secondary N) is 1. The third-order valence-electron chi connectivity index (χ3n) is 5.44.